The number of nitrogens with two attached hydrogens (primary N) is 1. The van der Waals surface area contributed by atoms with Crippen molar-refractivity contribution in [2.45, 2.75) is 39.2 Å². The fourth-order valence-electron chi connectivity index (χ4n) is 1.34. The van der Waals surface area contributed by atoms with Gasteiger partial charge < -0.3 is 15.5 Å². The second-order valence-electron chi connectivity index (χ2n) is 4.79. The first-order chi connectivity index (χ1) is 7.76. The largest absolute Gasteiger partial charge is 0.347 e. The van der Waals surface area contributed by atoms with Crippen molar-refractivity contribution in [3.05, 3.63) is 0 Å². The molecule has 0 aliphatic carbocycles. The second kappa shape index (κ2) is 6.59. The molecule has 5 heteroatoms. The summed E-state index contributed by atoms with van der Waals surface area (Å²) >= 11 is 0. The van der Waals surface area contributed by atoms with E-state index in [1.807, 2.05) is 13.8 Å². The standard InChI is InChI=1S/C12H25N3O2/c1-6-8-15(9-10(16)14(4)5)11(17)12(3,13)7-2/h6-9,13H2,1-5H3. The van der Waals surface area contributed by atoms with Crippen LogP contribution in [0.2, 0.25) is 0 Å². The molecule has 0 aromatic rings. The van der Waals surface area contributed by atoms with Crippen molar-refractivity contribution >= 4 is 11.8 Å². The highest BCUT2D eigenvalue weighted by Crippen LogP contribution is 2.10. The number of nitrogens with zero attached hydrogens (tertiary/aromatic N) is 2. The smallest absolute Gasteiger partial charge is 0.242 e. The maximum Gasteiger partial charge on any atom is 0.242 e. The van der Waals surface area contributed by atoms with Gasteiger partial charge in [-0.15, -0.1) is 0 Å². The van der Waals surface area contributed by atoms with Crippen molar-refractivity contribution < 1.29 is 9.59 Å². The Labute approximate surface area is 104 Å². The van der Waals surface area contributed by atoms with Gasteiger partial charge in [-0.1, -0.05) is 13.8 Å². The molecule has 100 valence electrons. The summed E-state index contributed by atoms with van der Waals surface area (Å²) < 4.78 is 0. The van der Waals surface area contributed by atoms with Crippen molar-refractivity contribution in [2.24, 2.45) is 5.73 Å². The molecule has 0 saturated carbocycles. The second-order valence-corrected chi connectivity index (χ2v) is 4.79. The quantitative estimate of drug-likeness (QED) is 0.736. The van der Waals surface area contributed by atoms with Crippen LogP contribution in [0.1, 0.15) is 33.6 Å². The van der Waals surface area contributed by atoms with E-state index < -0.39 is 5.54 Å². The highest BCUT2D eigenvalue weighted by atomic mass is 16.2. The molecule has 0 spiro atoms. The lowest BCUT2D eigenvalue weighted by molar-refractivity contribution is -0.142. The summed E-state index contributed by atoms with van der Waals surface area (Å²) in [7, 11) is 3.36. The highest BCUT2D eigenvalue weighted by Gasteiger charge is 2.31. The molecule has 0 radical (unpaired) electrons. The Hall–Kier alpha value is -1.10. The van der Waals surface area contributed by atoms with Gasteiger partial charge in [-0.25, -0.2) is 0 Å². The van der Waals surface area contributed by atoms with E-state index in [-0.39, 0.29) is 18.4 Å². The van der Waals surface area contributed by atoms with Gasteiger partial charge in [-0.05, 0) is 19.8 Å². The Morgan fingerprint density at radius 1 is 1.24 bits per heavy atom. The average molecular weight is 243 g/mol. The SMILES string of the molecule is CCCN(CC(=O)N(C)C)C(=O)C(C)(N)CC. The van der Waals surface area contributed by atoms with Crippen LogP contribution in [-0.4, -0.2) is 54.3 Å². The van der Waals surface area contributed by atoms with Crippen molar-refractivity contribution in [1.29, 1.82) is 0 Å². The number of carbonyl (C=O) groups is 2. The highest BCUT2D eigenvalue weighted by molar-refractivity contribution is 5.89. The molecule has 0 rings (SSSR count). The maximum atomic E-state index is 12.2. The van der Waals surface area contributed by atoms with Crippen LogP contribution < -0.4 is 5.73 Å². The van der Waals surface area contributed by atoms with E-state index in [9.17, 15) is 9.59 Å². The fourth-order valence-corrected chi connectivity index (χ4v) is 1.34. The first kappa shape index (κ1) is 15.9. The third kappa shape index (κ3) is 4.73. The van der Waals surface area contributed by atoms with Crippen LogP contribution in [0.15, 0.2) is 0 Å². The number of likely N-dealkylation sites (N-methyl/N-ethyl adjacent to an activating group) is 1. The molecule has 0 bridgehead atoms. The minimum Gasteiger partial charge on any atom is -0.347 e. The predicted octanol–water partition coefficient (Wildman–Crippen LogP) is 0.441. The lowest BCUT2D eigenvalue weighted by atomic mass is 9.98. The van der Waals surface area contributed by atoms with Crippen LogP contribution in [0, 0.1) is 0 Å². The molecule has 17 heavy (non-hydrogen) atoms. The summed E-state index contributed by atoms with van der Waals surface area (Å²) in [5.74, 6) is -0.240. The van der Waals surface area contributed by atoms with Gasteiger partial charge in [-0.3, -0.25) is 9.59 Å². The fraction of sp³-hybridized carbons (Fsp3) is 0.833. The number of amides is 2. The van der Waals surface area contributed by atoms with Crippen LogP contribution >= 0.6 is 0 Å². The maximum absolute atomic E-state index is 12.2. The van der Waals surface area contributed by atoms with Crippen molar-refractivity contribution in [3.8, 4) is 0 Å². The number of rotatable bonds is 6. The van der Waals surface area contributed by atoms with Gasteiger partial charge in [0.2, 0.25) is 11.8 Å². The van der Waals surface area contributed by atoms with E-state index in [1.54, 1.807) is 25.9 Å². The summed E-state index contributed by atoms with van der Waals surface area (Å²) in [6.07, 6.45) is 1.37. The van der Waals surface area contributed by atoms with Crippen LogP contribution in [0.5, 0.6) is 0 Å². The molecule has 2 N–H and O–H groups in total. The summed E-state index contributed by atoms with van der Waals surface area (Å²) in [5, 5.41) is 0. The molecular formula is C12H25N3O2. The molecular weight excluding hydrogens is 218 g/mol. The molecule has 0 heterocycles. The van der Waals surface area contributed by atoms with Gasteiger partial charge >= 0.3 is 0 Å². The zero-order chi connectivity index (χ0) is 13.6. The summed E-state index contributed by atoms with van der Waals surface area (Å²) in [4.78, 5) is 26.8. The van der Waals surface area contributed by atoms with Crippen LogP contribution in [0.3, 0.4) is 0 Å². The van der Waals surface area contributed by atoms with Gasteiger partial charge in [0.05, 0.1) is 12.1 Å². The normalized spacial score (nSPS) is 14.0. The van der Waals surface area contributed by atoms with Crippen LogP contribution in [-0.2, 0) is 9.59 Å². The van der Waals surface area contributed by atoms with E-state index in [1.165, 1.54) is 4.90 Å². The molecule has 1 atom stereocenters. The molecule has 1 unspecified atom stereocenters. The predicted molar refractivity (Wildman–Crippen MR) is 68.4 cm³/mol. The van der Waals surface area contributed by atoms with Gasteiger partial charge in [0.15, 0.2) is 0 Å². The van der Waals surface area contributed by atoms with E-state index in [0.29, 0.717) is 13.0 Å². The first-order valence-electron chi connectivity index (χ1n) is 6.04. The van der Waals surface area contributed by atoms with E-state index in [0.717, 1.165) is 6.42 Å². The topological polar surface area (TPSA) is 66.6 Å². The minimum atomic E-state index is -0.887. The number of hydrogen-bond acceptors (Lipinski definition) is 3. The molecule has 0 fully saturated rings. The molecule has 0 saturated heterocycles. The van der Waals surface area contributed by atoms with E-state index in [4.69, 9.17) is 5.73 Å². The van der Waals surface area contributed by atoms with Gasteiger partial charge in [0.1, 0.15) is 0 Å². The Balaban J connectivity index is 4.74. The third-order valence-electron chi connectivity index (χ3n) is 2.83. The zero-order valence-electron chi connectivity index (χ0n) is 11.6. The lowest BCUT2D eigenvalue weighted by Crippen LogP contribution is -2.55. The Bertz CT molecular complexity index is 275. The molecule has 5 nitrogen and oxygen atoms in total. The number of carbonyl (C=O) groups excluding carboxylic acids is 2. The van der Waals surface area contributed by atoms with Crippen LogP contribution in [0.25, 0.3) is 0 Å². The molecule has 0 aliphatic rings. The lowest BCUT2D eigenvalue weighted by Gasteiger charge is -2.31. The molecule has 2 amide bonds. The minimum absolute atomic E-state index is 0.0845. The molecule has 0 aromatic carbocycles. The monoisotopic (exact) mass is 243 g/mol. The number of hydrogen-bond donors (Lipinski definition) is 1. The van der Waals surface area contributed by atoms with Crippen molar-refractivity contribution in [1.82, 2.24) is 9.80 Å². The summed E-state index contributed by atoms with van der Waals surface area (Å²) in [6.45, 7) is 6.21. The van der Waals surface area contributed by atoms with Gasteiger partial charge in [0.25, 0.3) is 0 Å². The summed E-state index contributed by atoms with van der Waals surface area (Å²) in [6, 6.07) is 0. The van der Waals surface area contributed by atoms with Crippen LogP contribution in [0.4, 0.5) is 0 Å². The molecule has 0 aliphatic heterocycles. The van der Waals surface area contributed by atoms with E-state index >= 15 is 0 Å². The zero-order valence-corrected chi connectivity index (χ0v) is 11.6. The average Bonchev–Trinajstić information content (AvgIpc) is 2.27. The Morgan fingerprint density at radius 2 is 1.76 bits per heavy atom. The third-order valence-corrected chi connectivity index (χ3v) is 2.83. The molecule has 0 aromatic heterocycles. The summed E-state index contributed by atoms with van der Waals surface area (Å²) in [5.41, 5.74) is 5.04. The van der Waals surface area contributed by atoms with Gasteiger partial charge in [-0.2, -0.15) is 0 Å². The first-order valence-corrected chi connectivity index (χ1v) is 6.04. The van der Waals surface area contributed by atoms with Gasteiger partial charge in [0, 0.05) is 20.6 Å². The Morgan fingerprint density at radius 3 is 2.12 bits per heavy atom. The Kier molecular flexibility index (Phi) is 6.16. The van der Waals surface area contributed by atoms with Crippen molar-refractivity contribution in [3.63, 3.8) is 0 Å². The van der Waals surface area contributed by atoms with E-state index in [2.05, 4.69) is 0 Å². The van der Waals surface area contributed by atoms with Crippen molar-refractivity contribution in [2.75, 3.05) is 27.2 Å².